The lowest BCUT2D eigenvalue weighted by molar-refractivity contribution is -0.126. The van der Waals surface area contributed by atoms with E-state index < -0.39 is 43.0 Å². The Morgan fingerprint density at radius 2 is 1.96 bits per heavy atom. The Kier molecular flexibility index (Phi) is 5.29. The number of aliphatic hydroxyl groups excluding tert-OH is 4. The average Bonchev–Trinajstić information content (AvgIpc) is 3.11. The molecule has 1 aliphatic rings. The largest absolute Gasteiger partial charge is 0.464 e. The molecule has 1 aliphatic heterocycles. The van der Waals surface area contributed by atoms with Crippen LogP contribution < -0.4 is 0 Å². The van der Waals surface area contributed by atoms with Gasteiger partial charge in [0.05, 0.1) is 13.7 Å². The molecule has 0 unspecified atom stereocenters. The number of aromatic nitrogens is 1. The number of hydrogen-bond acceptors (Lipinski definition) is 8. The van der Waals surface area contributed by atoms with Gasteiger partial charge in [0.15, 0.2) is 6.10 Å². The smallest absolute Gasteiger partial charge is 0.355 e. The fourth-order valence-corrected chi connectivity index (χ4v) is 3.13. The highest BCUT2D eigenvalue weighted by Gasteiger charge is 2.45. The van der Waals surface area contributed by atoms with Crippen molar-refractivity contribution in [3.63, 3.8) is 0 Å². The number of nitrogens with one attached hydrogen (secondary N) is 1. The second-order valence-corrected chi connectivity index (χ2v) is 6.08. The molecule has 0 amide bonds. The molecule has 144 valence electrons. The maximum Gasteiger partial charge on any atom is 0.355 e. The third-order valence-corrected chi connectivity index (χ3v) is 4.46. The summed E-state index contributed by atoms with van der Waals surface area (Å²) in [7, 11) is 1.18. The van der Waals surface area contributed by atoms with Gasteiger partial charge >= 0.3 is 11.9 Å². The first-order valence-electron chi connectivity index (χ1n) is 8.16. The Morgan fingerprint density at radius 3 is 2.56 bits per heavy atom. The van der Waals surface area contributed by atoms with Crippen LogP contribution in [0.1, 0.15) is 32.6 Å². The highest BCUT2D eigenvalue weighted by Crippen LogP contribution is 2.41. The van der Waals surface area contributed by atoms with E-state index in [-0.39, 0.29) is 22.5 Å². The Morgan fingerprint density at radius 1 is 1.30 bits per heavy atom. The van der Waals surface area contributed by atoms with Crippen LogP contribution in [0, 0.1) is 0 Å². The lowest BCUT2D eigenvalue weighted by Crippen LogP contribution is -2.47. The average molecular weight is 377 g/mol. The van der Waals surface area contributed by atoms with Crippen molar-refractivity contribution in [2.75, 3.05) is 13.7 Å². The highest BCUT2D eigenvalue weighted by molar-refractivity contribution is 6.02. The molecule has 0 spiro atoms. The van der Waals surface area contributed by atoms with Crippen molar-refractivity contribution in [1.29, 1.82) is 0 Å². The van der Waals surface area contributed by atoms with E-state index >= 15 is 0 Å². The summed E-state index contributed by atoms with van der Waals surface area (Å²) >= 11 is 0. The van der Waals surface area contributed by atoms with Crippen LogP contribution in [0.5, 0.6) is 0 Å². The van der Waals surface area contributed by atoms with Crippen LogP contribution in [0.4, 0.5) is 0 Å². The van der Waals surface area contributed by atoms with Crippen LogP contribution in [-0.4, -0.2) is 69.4 Å². The van der Waals surface area contributed by atoms with Crippen molar-refractivity contribution in [3.05, 3.63) is 47.3 Å². The van der Waals surface area contributed by atoms with Crippen molar-refractivity contribution >= 4 is 11.9 Å². The molecule has 9 nitrogen and oxygen atoms in total. The number of aliphatic hydroxyl groups is 4. The van der Waals surface area contributed by atoms with Gasteiger partial charge < -0.3 is 34.9 Å². The van der Waals surface area contributed by atoms with Crippen LogP contribution >= 0.6 is 0 Å². The van der Waals surface area contributed by atoms with E-state index in [0.29, 0.717) is 5.56 Å². The van der Waals surface area contributed by atoms with Gasteiger partial charge in [-0.25, -0.2) is 9.59 Å². The van der Waals surface area contributed by atoms with E-state index in [2.05, 4.69) is 4.98 Å². The van der Waals surface area contributed by atoms with E-state index in [1.165, 1.54) is 7.11 Å². The monoisotopic (exact) mass is 377 g/mol. The fourth-order valence-electron chi connectivity index (χ4n) is 3.13. The zero-order valence-electron chi connectivity index (χ0n) is 14.3. The van der Waals surface area contributed by atoms with E-state index in [9.17, 15) is 24.9 Å². The molecule has 0 saturated carbocycles. The molecule has 0 bridgehead atoms. The van der Waals surface area contributed by atoms with Crippen LogP contribution in [0.2, 0.25) is 0 Å². The zero-order chi connectivity index (χ0) is 19.7. The number of esters is 2. The topological polar surface area (TPSA) is 149 Å². The van der Waals surface area contributed by atoms with E-state index in [1.54, 1.807) is 30.3 Å². The predicted octanol–water partition coefficient (Wildman–Crippen LogP) is -0.245. The molecule has 1 aromatic carbocycles. The Balaban J connectivity index is 2.19. The fraction of sp³-hybridized carbons (Fsp3) is 0.333. The second kappa shape index (κ2) is 7.49. The van der Waals surface area contributed by atoms with Crippen LogP contribution in [0.15, 0.2) is 30.3 Å². The summed E-state index contributed by atoms with van der Waals surface area (Å²) in [5.41, 5.74) is 0.607. The lowest BCUT2D eigenvalue weighted by atomic mass is 9.89. The van der Waals surface area contributed by atoms with Gasteiger partial charge in [0.1, 0.15) is 29.7 Å². The first-order chi connectivity index (χ1) is 12.9. The van der Waals surface area contributed by atoms with Crippen molar-refractivity contribution in [2.45, 2.75) is 24.4 Å². The number of cyclic esters (lactones) is 1. The molecule has 0 saturated heterocycles. The van der Waals surface area contributed by atoms with Gasteiger partial charge in [-0.2, -0.15) is 0 Å². The summed E-state index contributed by atoms with van der Waals surface area (Å²) in [6, 6.07) is 8.54. The number of rotatable bonds is 5. The van der Waals surface area contributed by atoms with E-state index in [4.69, 9.17) is 14.6 Å². The first-order valence-corrected chi connectivity index (χ1v) is 8.16. The summed E-state index contributed by atoms with van der Waals surface area (Å²) in [6.07, 6.45) is -6.45. The van der Waals surface area contributed by atoms with Crippen molar-refractivity contribution < 1.29 is 39.5 Å². The van der Waals surface area contributed by atoms with E-state index in [1.807, 2.05) is 0 Å². The molecular weight excluding hydrogens is 358 g/mol. The molecule has 2 aromatic rings. The molecule has 4 atom stereocenters. The van der Waals surface area contributed by atoms with Gasteiger partial charge in [0.2, 0.25) is 0 Å². The number of carbonyl (C=O) groups excluding carboxylic acids is 2. The number of H-pyrrole nitrogens is 1. The summed E-state index contributed by atoms with van der Waals surface area (Å²) in [6.45, 7) is -0.791. The number of hydrogen-bond donors (Lipinski definition) is 5. The first kappa shape index (κ1) is 19.1. The van der Waals surface area contributed by atoms with Crippen molar-refractivity contribution in [2.24, 2.45) is 0 Å². The van der Waals surface area contributed by atoms with Gasteiger partial charge in [-0.3, -0.25) is 0 Å². The molecule has 3 rings (SSSR count). The van der Waals surface area contributed by atoms with Crippen LogP contribution in [-0.2, 0) is 9.47 Å². The minimum atomic E-state index is -1.73. The Labute approximate surface area is 153 Å². The summed E-state index contributed by atoms with van der Waals surface area (Å²) < 4.78 is 9.78. The summed E-state index contributed by atoms with van der Waals surface area (Å²) in [4.78, 5) is 27.2. The molecule has 0 fully saturated rings. The lowest BCUT2D eigenvalue weighted by Gasteiger charge is -2.33. The minimum Gasteiger partial charge on any atom is -0.464 e. The number of ether oxygens (including phenoxy) is 2. The summed E-state index contributed by atoms with van der Waals surface area (Å²) in [5, 5.41) is 39.6. The van der Waals surface area contributed by atoms with Crippen LogP contribution in [0.3, 0.4) is 0 Å². The number of benzene rings is 1. The van der Waals surface area contributed by atoms with E-state index in [0.717, 1.165) is 0 Å². The third kappa shape index (κ3) is 3.21. The van der Waals surface area contributed by atoms with Gasteiger partial charge in [-0.15, -0.1) is 0 Å². The predicted molar refractivity (Wildman–Crippen MR) is 90.8 cm³/mol. The third-order valence-electron chi connectivity index (χ3n) is 4.46. The van der Waals surface area contributed by atoms with Crippen LogP contribution in [0.25, 0.3) is 11.1 Å². The molecule has 27 heavy (non-hydrogen) atoms. The highest BCUT2D eigenvalue weighted by atomic mass is 16.6. The van der Waals surface area contributed by atoms with Gasteiger partial charge in [0, 0.05) is 11.1 Å². The molecule has 0 aliphatic carbocycles. The van der Waals surface area contributed by atoms with Gasteiger partial charge in [-0.1, -0.05) is 30.3 Å². The maximum absolute atomic E-state index is 12.4. The number of carbonyl (C=O) groups is 2. The number of aromatic amines is 1. The van der Waals surface area contributed by atoms with Crippen molar-refractivity contribution in [3.8, 4) is 11.1 Å². The standard InChI is InChI=1S/C18H19NO8/c1-26-17(24)12-10(8-5-3-2-4-6-8)11-13(19-12)18(25)27-16(15(11)23)14(22)9(21)7-20/h2-6,9,14-16,19-23H,7H2,1H3/t9-,14-,15-,16-/m1/s1. The second-order valence-electron chi connectivity index (χ2n) is 6.08. The Hall–Kier alpha value is -2.72. The van der Waals surface area contributed by atoms with Crippen molar-refractivity contribution in [1.82, 2.24) is 4.98 Å². The van der Waals surface area contributed by atoms with Gasteiger partial charge in [-0.05, 0) is 5.56 Å². The SMILES string of the molecule is COC(=O)c1[nH]c2c(c1-c1ccccc1)[C@@H](O)[C@@H]([C@H](O)[C@H](O)CO)OC2=O. The minimum absolute atomic E-state index is 0.0482. The number of fused-ring (bicyclic) bond motifs is 1. The zero-order valence-corrected chi connectivity index (χ0v) is 14.3. The molecular formula is C18H19NO8. The maximum atomic E-state index is 12.4. The molecule has 9 heteroatoms. The quantitative estimate of drug-likeness (QED) is 0.448. The molecule has 2 heterocycles. The molecule has 0 radical (unpaired) electrons. The number of methoxy groups -OCH3 is 1. The molecule has 5 N–H and O–H groups in total. The van der Waals surface area contributed by atoms with Gasteiger partial charge in [0.25, 0.3) is 0 Å². The molecule has 1 aromatic heterocycles. The summed E-state index contributed by atoms with van der Waals surface area (Å²) in [5.74, 6) is -1.67. The normalized spacial score (nSPS) is 21.1. The Bertz CT molecular complexity index is 847.